The molecule has 56 valence electrons. The Morgan fingerprint density at radius 2 is 2.00 bits per heavy atom. The molecular weight excluding hydrogens is 124 g/mol. The molecule has 0 spiro atoms. The summed E-state index contributed by atoms with van der Waals surface area (Å²) in [5, 5.41) is 0. The van der Waals surface area contributed by atoms with E-state index in [1.807, 2.05) is 19.0 Å². The Morgan fingerprint density at radius 1 is 1.50 bits per heavy atom. The van der Waals surface area contributed by atoms with Crippen molar-refractivity contribution < 1.29 is 0 Å². The van der Waals surface area contributed by atoms with Crippen molar-refractivity contribution in [3.63, 3.8) is 0 Å². The minimum Gasteiger partial charge on any atom is -0.397 e. The number of likely N-dealkylation sites (N-methyl/N-ethyl adjacent to an activating group) is 1. The molecule has 0 saturated carbocycles. The van der Waals surface area contributed by atoms with E-state index in [1.54, 1.807) is 12.2 Å². The van der Waals surface area contributed by atoms with Gasteiger partial charge in [-0.25, -0.2) is 0 Å². The van der Waals surface area contributed by atoms with Gasteiger partial charge in [-0.1, -0.05) is 19.2 Å². The lowest BCUT2D eigenvalue weighted by atomic mass is 10.3. The van der Waals surface area contributed by atoms with E-state index in [1.165, 1.54) is 0 Å². The standard InChI is InChI=1S/C8H14N2/c1-5-6-8(9)7(2)10(3)4/h5-6H,1-2,9H2,3-4H3/b8-6+. The van der Waals surface area contributed by atoms with Crippen LogP contribution < -0.4 is 5.73 Å². The van der Waals surface area contributed by atoms with Gasteiger partial charge in [0.15, 0.2) is 0 Å². The van der Waals surface area contributed by atoms with Gasteiger partial charge in [-0.05, 0) is 6.08 Å². The quantitative estimate of drug-likeness (QED) is 0.591. The molecule has 2 nitrogen and oxygen atoms in total. The molecule has 0 aromatic rings. The van der Waals surface area contributed by atoms with E-state index in [0.717, 1.165) is 5.70 Å². The highest BCUT2D eigenvalue weighted by Gasteiger charge is 1.96. The normalized spacial score (nSPS) is 10.8. The summed E-state index contributed by atoms with van der Waals surface area (Å²) in [5.74, 6) is 0. The van der Waals surface area contributed by atoms with E-state index >= 15 is 0 Å². The van der Waals surface area contributed by atoms with Gasteiger partial charge >= 0.3 is 0 Å². The molecule has 10 heavy (non-hydrogen) atoms. The lowest BCUT2D eigenvalue weighted by molar-refractivity contribution is 0.522. The molecule has 0 aliphatic carbocycles. The second-order valence-corrected chi connectivity index (χ2v) is 2.20. The summed E-state index contributed by atoms with van der Waals surface area (Å²) < 4.78 is 0. The summed E-state index contributed by atoms with van der Waals surface area (Å²) in [5.41, 5.74) is 7.04. The minimum atomic E-state index is 0.653. The number of hydrogen-bond donors (Lipinski definition) is 1. The van der Waals surface area contributed by atoms with Gasteiger partial charge in [0, 0.05) is 14.1 Å². The first-order chi connectivity index (χ1) is 4.59. The molecule has 0 unspecified atom stereocenters. The zero-order chi connectivity index (χ0) is 8.15. The third-order valence-corrected chi connectivity index (χ3v) is 1.17. The van der Waals surface area contributed by atoms with E-state index in [-0.39, 0.29) is 0 Å². The summed E-state index contributed by atoms with van der Waals surface area (Å²) in [6, 6.07) is 0. The van der Waals surface area contributed by atoms with Gasteiger partial charge in [-0.15, -0.1) is 0 Å². The molecule has 0 aromatic carbocycles. The minimum absolute atomic E-state index is 0.653. The fraction of sp³-hybridized carbons (Fsp3) is 0.250. The number of allylic oxidation sites excluding steroid dienone is 2. The van der Waals surface area contributed by atoms with Gasteiger partial charge < -0.3 is 10.6 Å². The Hall–Kier alpha value is -1.18. The molecule has 0 saturated heterocycles. The molecule has 0 atom stereocenters. The van der Waals surface area contributed by atoms with Crippen LogP contribution in [0.15, 0.2) is 36.7 Å². The van der Waals surface area contributed by atoms with Crippen LogP contribution in [-0.4, -0.2) is 19.0 Å². The molecule has 0 aliphatic heterocycles. The lowest BCUT2D eigenvalue weighted by Crippen LogP contribution is -2.15. The maximum absolute atomic E-state index is 5.58. The van der Waals surface area contributed by atoms with E-state index in [9.17, 15) is 0 Å². The smallest absolute Gasteiger partial charge is 0.0545 e. The molecule has 2 heteroatoms. The Labute approximate surface area is 62.3 Å². The van der Waals surface area contributed by atoms with Crippen LogP contribution in [0.4, 0.5) is 0 Å². The molecule has 2 N–H and O–H groups in total. The second-order valence-electron chi connectivity index (χ2n) is 2.20. The van der Waals surface area contributed by atoms with Crippen LogP contribution in [0, 0.1) is 0 Å². The van der Waals surface area contributed by atoms with Crippen molar-refractivity contribution in [2.45, 2.75) is 0 Å². The van der Waals surface area contributed by atoms with Crippen LogP contribution in [0.5, 0.6) is 0 Å². The highest BCUT2D eigenvalue weighted by Crippen LogP contribution is 2.02. The van der Waals surface area contributed by atoms with Crippen LogP contribution in [-0.2, 0) is 0 Å². The monoisotopic (exact) mass is 138 g/mol. The van der Waals surface area contributed by atoms with Crippen LogP contribution in [0.25, 0.3) is 0 Å². The summed E-state index contributed by atoms with van der Waals surface area (Å²) >= 11 is 0. The zero-order valence-electron chi connectivity index (χ0n) is 6.59. The maximum atomic E-state index is 5.58. The van der Waals surface area contributed by atoms with Crippen molar-refractivity contribution in [2.24, 2.45) is 5.73 Å². The molecular formula is C8H14N2. The van der Waals surface area contributed by atoms with E-state index < -0.39 is 0 Å². The third-order valence-electron chi connectivity index (χ3n) is 1.17. The van der Waals surface area contributed by atoms with Gasteiger partial charge in [-0.2, -0.15) is 0 Å². The first kappa shape index (κ1) is 8.82. The molecule has 0 amide bonds. The van der Waals surface area contributed by atoms with Gasteiger partial charge in [0.25, 0.3) is 0 Å². The number of nitrogens with zero attached hydrogens (tertiary/aromatic N) is 1. The molecule has 0 rings (SSSR count). The Kier molecular flexibility index (Phi) is 3.33. The largest absolute Gasteiger partial charge is 0.397 e. The molecule has 0 fully saturated rings. The molecule has 0 aliphatic rings. The van der Waals surface area contributed by atoms with Gasteiger partial charge in [-0.3, -0.25) is 0 Å². The van der Waals surface area contributed by atoms with Crippen molar-refractivity contribution in [1.29, 1.82) is 0 Å². The van der Waals surface area contributed by atoms with Crippen LogP contribution in [0.3, 0.4) is 0 Å². The summed E-state index contributed by atoms with van der Waals surface area (Å²) in [7, 11) is 3.79. The van der Waals surface area contributed by atoms with Crippen molar-refractivity contribution in [1.82, 2.24) is 4.90 Å². The van der Waals surface area contributed by atoms with Crippen LogP contribution in [0.1, 0.15) is 0 Å². The Balaban J connectivity index is 4.21. The zero-order valence-corrected chi connectivity index (χ0v) is 6.59. The van der Waals surface area contributed by atoms with E-state index in [0.29, 0.717) is 5.70 Å². The van der Waals surface area contributed by atoms with Gasteiger partial charge in [0.1, 0.15) is 0 Å². The average Bonchev–Trinajstić information content (AvgIpc) is 1.87. The Bertz CT molecular complexity index is 166. The highest BCUT2D eigenvalue weighted by atomic mass is 15.1. The molecule has 0 aromatic heterocycles. The van der Waals surface area contributed by atoms with Crippen molar-refractivity contribution in [3.8, 4) is 0 Å². The van der Waals surface area contributed by atoms with Crippen LogP contribution in [0.2, 0.25) is 0 Å². The lowest BCUT2D eigenvalue weighted by Gasteiger charge is -2.14. The fourth-order valence-electron chi connectivity index (χ4n) is 0.481. The predicted octanol–water partition coefficient (Wildman–Crippen LogP) is 1.09. The predicted molar refractivity (Wildman–Crippen MR) is 45.3 cm³/mol. The summed E-state index contributed by atoms with van der Waals surface area (Å²) in [6.07, 6.45) is 3.37. The van der Waals surface area contributed by atoms with E-state index in [4.69, 9.17) is 5.73 Å². The average molecular weight is 138 g/mol. The maximum Gasteiger partial charge on any atom is 0.0545 e. The second kappa shape index (κ2) is 3.77. The van der Waals surface area contributed by atoms with Gasteiger partial charge in [0.2, 0.25) is 0 Å². The van der Waals surface area contributed by atoms with Crippen LogP contribution >= 0.6 is 0 Å². The first-order valence-corrected chi connectivity index (χ1v) is 3.04. The third kappa shape index (κ3) is 2.40. The first-order valence-electron chi connectivity index (χ1n) is 3.04. The summed E-state index contributed by atoms with van der Waals surface area (Å²) in [4.78, 5) is 1.86. The SMILES string of the molecule is C=C/C=C(/N)C(=C)N(C)C. The molecule has 0 bridgehead atoms. The molecule has 0 heterocycles. The van der Waals surface area contributed by atoms with Gasteiger partial charge in [0.05, 0.1) is 11.4 Å². The number of rotatable bonds is 3. The number of hydrogen-bond acceptors (Lipinski definition) is 2. The van der Waals surface area contributed by atoms with Crippen molar-refractivity contribution >= 4 is 0 Å². The fourth-order valence-corrected chi connectivity index (χ4v) is 0.481. The van der Waals surface area contributed by atoms with Crippen molar-refractivity contribution in [3.05, 3.63) is 36.7 Å². The summed E-state index contributed by atoms with van der Waals surface area (Å²) in [6.45, 7) is 7.28. The Morgan fingerprint density at radius 3 is 2.30 bits per heavy atom. The highest BCUT2D eigenvalue weighted by molar-refractivity contribution is 5.26. The number of nitrogens with two attached hydrogens (primary N) is 1. The van der Waals surface area contributed by atoms with E-state index in [2.05, 4.69) is 13.2 Å². The van der Waals surface area contributed by atoms with Crippen molar-refractivity contribution in [2.75, 3.05) is 14.1 Å². The topological polar surface area (TPSA) is 29.3 Å². The molecule has 0 radical (unpaired) electrons.